The molecule has 202 valence electrons. The van der Waals surface area contributed by atoms with E-state index in [0.717, 1.165) is 78.0 Å². The first-order valence-electron chi connectivity index (χ1n) is 13.7. The van der Waals surface area contributed by atoms with Crippen molar-refractivity contribution in [2.24, 2.45) is 0 Å². The number of nitrogens with two attached hydrogens (primary N) is 1. The van der Waals surface area contributed by atoms with E-state index in [1.54, 1.807) is 12.4 Å². The molecule has 0 atom stereocenters. The predicted octanol–water partition coefficient (Wildman–Crippen LogP) is 4.84. The lowest BCUT2D eigenvalue weighted by Gasteiger charge is -2.35. The second-order valence-electron chi connectivity index (χ2n) is 10.1. The maximum absolute atomic E-state index is 6.32. The summed E-state index contributed by atoms with van der Waals surface area (Å²) in [6, 6.07) is 30.7. The molecule has 9 heteroatoms. The number of piperazine rings is 1. The molecule has 0 bridgehead atoms. The third-order valence-corrected chi connectivity index (χ3v) is 7.51. The van der Waals surface area contributed by atoms with E-state index in [4.69, 9.17) is 15.7 Å². The molecule has 0 saturated carbocycles. The normalized spacial score (nSPS) is 14.0. The number of pyridine rings is 2. The minimum absolute atomic E-state index is 0.435. The first kappa shape index (κ1) is 24.9. The highest BCUT2D eigenvalue weighted by atomic mass is 15.3. The summed E-state index contributed by atoms with van der Waals surface area (Å²) in [5, 5.41) is 8.28. The molecule has 0 amide bonds. The van der Waals surface area contributed by atoms with Gasteiger partial charge in [-0.25, -0.2) is 15.0 Å². The van der Waals surface area contributed by atoms with Crippen LogP contribution in [0.15, 0.2) is 103 Å². The quantitative estimate of drug-likeness (QED) is 0.321. The Labute approximate surface area is 238 Å². The predicted molar refractivity (Wildman–Crippen MR) is 161 cm³/mol. The minimum atomic E-state index is 0.435. The number of hydrogen-bond donors (Lipinski definition) is 1. The summed E-state index contributed by atoms with van der Waals surface area (Å²) in [4.78, 5) is 19.1. The fraction of sp³-hybridized carbons (Fsp3) is 0.156. The van der Waals surface area contributed by atoms with Gasteiger partial charge in [0, 0.05) is 56.4 Å². The fourth-order valence-corrected chi connectivity index (χ4v) is 5.36. The fourth-order valence-electron chi connectivity index (χ4n) is 5.36. The molecule has 0 aliphatic carbocycles. The summed E-state index contributed by atoms with van der Waals surface area (Å²) in [5.41, 5.74) is 12.8. The highest BCUT2D eigenvalue weighted by Crippen LogP contribution is 2.32. The second-order valence-corrected chi connectivity index (χ2v) is 10.1. The Morgan fingerprint density at radius 3 is 2.29 bits per heavy atom. The Hall–Kier alpha value is -5.15. The van der Waals surface area contributed by atoms with E-state index in [9.17, 15) is 0 Å². The van der Waals surface area contributed by atoms with Crippen molar-refractivity contribution >= 4 is 22.8 Å². The molecular formula is C32H29N9. The summed E-state index contributed by atoms with van der Waals surface area (Å²) >= 11 is 0. The van der Waals surface area contributed by atoms with Crippen LogP contribution in [-0.2, 0) is 6.54 Å². The highest BCUT2D eigenvalue weighted by Gasteiger charge is 2.20. The van der Waals surface area contributed by atoms with Gasteiger partial charge < -0.3 is 10.6 Å². The summed E-state index contributed by atoms with van der Waals surface area (Å²) in [6.07, 6.45) is 3.41. The lowest BCUT2D eigenvalue weighted by Crippen LogP contribution is -2.46. The van der Waals surface area contributed by atoms with Crippen LogP contribution >= 0.6 is 0 Å². The van der Waals surface area contributed by atoms with Crippen LogP contribution < -0.4 is 10.6 Å². The zero-order valence-corrected chi connectivity index (χ0v) is 22.5. The Morgan fingerprint density at radius 1 is 0.732 bits per heavy atom. The largest absolute Gasteiger partial charge is 0.383 e. The molecule has 7 rings (SSSR count). The standard InChI is InChI=1S/C32H29N9/c33-30-26(8-4-16-34-30)31-37-28-15-14-27(24-6-2-1-3-7-24)36-32(28)41(31)25-12-10-23(11-13-25)22-39-18-20-40(21-19-39)29-9-5-17-35-38-29/h1-17H,18-22H2,(H2,33,34). The van der Waals surface area contributed by atoms with Crippen LogP contribution in [-0.4, -0.2) is 60.8 Å². The molecule has 0 spiro atoms. The van der Waals surface area contributed by atoms with Gasteiger partial charge in [0.15, 0.2) is 17.3 Å². The van der Waals surface area contributed by atoms with E-state index in [2.05, 4.69) is 65.9 Å². The van der Waals surface area contributed by atoms with Gasteiger partial charge >= 0.3 is 0 Å². The molecule has 1 saturated heterocycles. The topological polar surface area (TPSA) is 102 Å². The third-order valence-electron chi connectivity index (χ3n) is 7.51. The zero-order chi connectivity index (χ0) is 27.6. The van der Waals surface area contributed by atoms with Crippen LogP contribution in [0.1, 0.15) is 5.56 Å². The number of rotatable bonds is 6. The van der Waals surface area contributed by atoms with Crippen LogP contribution in [0.5, 0.6) is 0 Å². The van der Waals surface area contributed by atoms with Gasteiger partial charge in [-0.1, -0.05) is 42.5 Å². The zero-order valence-electron chi connectivity index (χ0n) is 22.5. The van der Waals surface area contributed by atoms with Gasteiger partial charge in [0.25, 0.3) is 0 Å². The summed E-state index contributed by atoms with van der Waals surface area (Å²) < 4.78 is 2.08. The van der Waals surface area contributed by atoms with Gasteiger partial charge in [0.1, 0.15) is 11.3 Å². The SMILES string of the molecule is Nc1ncccc1-c1nc2ccc(-c3ccccc3)nc2n1-c1ccc(CN2CCN(c3cccnn3)CC2)cc1. The minimum Gasteiger partial charge on any atom is -0.383 e. The molecule has 1 fully saturated rings. The van der Waals surface area contributed by atoms with E-state index >= 15 is 0 Å². The third kappa shape index (κ3) is 4.99. The smallest absolute Gasteiger partial charge is 0.165 e. The monoisotopic (exact) mass is 539 g/mol. The molecule has 5 heterocycles. The molecule has 2 aromatic carbocycles. The maximum Gasteiger partial charge on any atom is 0.165 e. The van der Waals surface area contributed by atoms with Gasteiger partial charge in [-0.15, -0.1) is 5.10 Å². The Morgan fingerprint density at radius 2 is 1.54 bits per heavy atom. The number of imidazole rings is 1. The van der Waals surface area contributed by atoms with E-state index < -0.39 is 0 Å². The van der Waals surface area contributed by atoms with E-state index in [0.29, 0.717) is 5.82 Å². The molecule has 0 radical (unpaired) electrons. The number of benzene rings is 2. The highest BCUT2D eigenvalue weighted by molar-refractivity contribution is 5.84. The van der Waals surface area contributed by atoms with Crippen molar-refractivity contribution in [3.63, 3.8) is 0 Å². The molecule has 1 aliphatic rings. The van der Waals surface area contributed by atoms with Crippen molar-refractivity contribution < 1.29 is 0 Å². The van der Waals surface area contributed by atoms with Crippen LogP contribution in [0.2, 0.25) is 0 Å². The first-order valence-corrected chi connectivity index (χ1v) is 13.7. The van der Waals surface area contributed by atoms with Crippen molar-refractivity contribution in [3.05, 3.63) is 109 Å². The number of fused-ring (bicyclic) bond motifs is 1. The van der Waals surface area contributed by atoms with Gasteiger partial charge in [-0.3, -0.25) is 9.47 Å². The van der Waals surface area contributed by atoms with Crippen molar-refractivity contribution in [2.45, 2.75) is 6.54 Å². The number of nitrogen functional groups attached to an aromatic ring is 1. The summed E-state index contributed by atoms with van der Waals surface area (Å²) in [7, 11) is 0. The number of anilines is 2. The molecule has 41 heavy (non-hydrogen) atoms. The van der Waals surface area contributed by atoms with E-state index in [-0.39, 0.29) is 0 Å². The van der Waals surface area contributed by atoms with Gasteiger partial charge in [0.05, 0.1) is 11.3 Å². The van der Waals surface area contributed by atoms with Crippen LogP contribution in [0, 0.1) is 0 Å². The van der Waals surface area contributed by atoms with Crippen LogP contribution in [0.25, 0.3) is 39.5 Å². The Bertz CT molecular complexity index is 1780. The Kier molecular flexibility index (Phi) is 6.54. The lowest BCUT2D eigenvalue weighted by atomic mass is 10.1. The molecule has 6 aromatic rings. The van der Waals surface area contributed by atoms with E-state index in [1.165, 1.54) is 5.56 Å². The van der Waals surface area contributed by atoms with Crippen LogP contribution in [0.4, 0.5) is 11.6 Å². The number of nitrogens with zero attached hydrogens (tertiary/aromatic N) is 8. The molecule has 0 unspecified atom stereocenters. The van der Waals surface area contributed by atoms with Gasteiger partial charge in [-0.2, -0.15) is 5.10 Å². The van der Waals surface area contributed by atoms with Crippen molar-refractivity contribution in [2.75, 3.05) is 36.8 Å². The molecule has 1 aliphatic heterocycles. The molecular weight excluding hydrogens is 510 g/mol. The average molecular weight is 540 g/mol. The van der Waals surface area contributed by atoms with Gasteiger partial charge in [0.2, 0.25) is 0 Å². The number of aromatic nitrogens is 6. The lowest BCUT2D eigenvalue weighted by molar-refractivity contribution is 0.249. The number of hydrogen-bond acceptors (Lipinski definition) is 8. The molecule has 9 nitrogen and oxygen atoms in total. The Balaban J connectivity index is 1.19. The average Bonchev–Trinajstić information content (AvgIpc) is 3.41. The maximum atomic E-state index is 6.32. The molecule has 2 N–H and O–H groups in total. The summed E-state index contributed by atoms with van der Waals surface area (Å²) in [6.45, 7) is 4.70. The van der Waals surface area contributed by atoms with Gasteiger partial charge in [-0.05, 0) is 54.1 Å². The van der Waals surface area contributed by atoms with Crippen molar-refractivity contribution in [1.29, 1.82) is 0 Å². The van der Waals surface area contributed by atoms with E-state index in [1.807, 2.05) is 54.6 Å². The second kappa shape index (κ2) is 10.8. The molecule has 4 aromatic heterocycles. The first-order chi connectivity index (χ1) is 20.2. The van der Waals surface area contributed by atoms with Crippen molar-refractivity contribution in [1.82, 2.24) is 34.6 Å². The van der Waals surface area contributed by atoms with Crippen LogP contribution in [0.3, 0.4) is 0 Å². The summed E-state index contributed by atoms with van der Waals surface area (Å²) in [5.74, 6) is 2.10. The van der Waals surface area contributed by atoms with Crippen molar-refractivity contribution in [3.8, 4) is 28.3 Å².